The molecule has 1 aliphatic rings. The van der Waals surface area contributed by atoms with Gasteiger partial charge in [0.05, 0.1) is 0 Å². The molecule has 0 N–H and O–H groups in total. The molecule has 0 saturated heterocycles. The van der Waals surface area contributed by atoms with Crippen LogP contribution in [-0.4, -0.2) is 6.29 Å². The van der Waals surface area contributed by atoms with Crippen molar-refractivity contribution in [3.63, 3.8) is 0 Å². The maximum atomic E-state index is 12.7. The van der Waals surface area contributed by atoms with Crippen molar-refractivity contribution >= 4 is 6.29 Å². The molecule has 2 rings (SSSR count). The van der Waals surface area contributed by atoms with Crippen LogP contribution in [0.1, 0.15) is 46.7 Å². The van der Waals surface area contributed by atoms with E-state index in [9.17, 15) is 9.18 Å². The minimum atomic E-state index is -0.426. The van der Waals surface area contributed by atoms with Gasteiger partial charge in [-0.1, -0.05) is 18.6 Å². The fraction of sp³-hybridized carbons (Fsp3) is 0.417. The number of benzene rings is 1. The second-order valence-electron chi connectivity index (χ2n) is 3.84. The Balaban J connectivity index is 2.36. The van der Waals surface area contributed by atoms with Crippen molar-refractivity contribution in [2.75, 3.05) is 0 Å². The second kappa shape index (κ2) is 3.91. The Morgan fingerprint density at radius 3 is 2.71 bits per heavy atom. The highest BCUT2D eigenvalue weighted by molar-refractivity contribution is 5.75. The summed E-state index contributed by atoms with van der Waals surface area (Å²) in [4.78, 5) is 10.6. The number of carbonyl (C=O) groups is 1. The Bertz CT molecular complexity index is 342. The quantitative estimate of drug-likeness (QED) is 0.672. The first kappa shape index (κ1) is 9.38. The molecule has 1 aromatic carbocycles. The standard InChI is InChI=1S/C12H13FO/c13-7-11-5-4-9(8-14)6-12(11)10-2-1-3-10/h4-6,8,10H,1-3,7H2. The number of rotatable bonds is 3. The van der Waals surface area contributed by atoms with Gasteiger partial charge in [-0.15, -0.1) is 0 Å². The Kier molecular flexibility index (Phi) is 2.62. The van der Waals surface area contributed by atoms with Crippen molar-refractivity contribution in [2.24, 2.45) is 0 Å². The zero-order valence-electron chi connectivity index (χ0n) is 8.00. The van der Waals surface area contributed by atoms with Gasteiger partial charge in [-0.05, 0) is 36.0 Å². The van der Waals surface area contributed by atoms with E-state index < -0.39 is 6.67 Å². The van der Waals surface area contributed by atoms with Crippen LogP contribution in [0.2, 0.25) is 0 Å². The van der Waals surface area contributed by atoms with Crippen molar-refractivity contribution in [1.29, 1.82) is 0 Å². The van der Waals surface area contributed by atoms with E-state index in [0.717, 1.165) is 30.3 Å². The third-order valence-corrected chi connectivity index (χ3v) is 2.99. The van der Waals surface area contributed by atoms with Gasteiger partial charge >= 0.3 is 0 Å². The fourth-order valence-corrected chi connectivity index (χ4v) is 1.91. The lowest BCUT2D eigenvalue weighted by atomic mass is 9.78. The van der Waals surface area contributed by atoms with Crippen LogP contribution in [0.4, 0.5) is 4.39 Å². The van der Waals surface area contributed by atoms with Gasteiger partial charge in [-0.25, -0.2) is 4.39 Å². The van der Waals surface area contributed by atoms with Gasteiger partial charge in [0.15, 0.2) is 0 Å². The summed E-state index contributed by atoms with van der Waals surface area (Å²) in [7, 11) is 0. The van der Waals surface area contributed by atoms with Gasteiger partial charge in [0.2, 0.25) is 0 Å². The molecule has 2 heteroatoms. The predicted octanol–water partition coefficient (Wildman–Crippen LogP) is 3.24. The van der Waals surface area contributed by atoms with Crippen LogP contribution in [0, 0.1) is 0 Å². The molecule has 1 aliphatic carbocycles. The van der Waals surface area contributed by atoms with Crippen LogP contribution in [0.5, 0.6) is 0 Å². The van der Waals surface area contributed by atoms with Crippen LogP contribution in [-0.2, 0) is 6.67 Å². The molecule has 1 fully saturated rings. The molecule has 14 heavy (non-hydrogen) atoms. The molecule has 0 aliphatic heterocycles. The lowest BCUT2D eigenvalue weighted by molar-refractivity contribution is 0.112. The molecule has 1 aromatic rings. The fourth-order valence-electron chi connectivity index (χ4n) is 1.91. The van der Waals surface area contributed by atoms with E-state index in [1.54, 1.807) is 12.1 Å². The molecule has 74 valence electrons. The molecule has 0 aromatic heterocycles. The summed E-state index contributed by atoms with van der Waals surface area (Å²) in [6.07, 6.45) is 4.32. The van der Waals surface area contributed by atoms with E-state index >= 15 is 0 Å². The molecule has 0 amide bonds. The zero-order chi connectivity index (χ0) is 9.97. The molecule has 1 nitrogen and oxygen atoms in total. The van der Waals surface area contributed by atoms with Crippen molar-refractivity contribution in [3.05, 3.63) is 34.9 Å². The number of aldehydes is 1. The average Bonchev–Trinajstić information content (AvgIpc) is 2.15. The number of carbonyl (C=O) groups excluding carboxylic acids is 1. The van der Waals surface area contributed by atoms with Crippen LogP contribution in [0.3, 0.4) is 0 Å². The summed E-state index contributed by atoms with van der Waals surface area (Å²) in [6, 6.07) is 5.26. The maximum absolute atomic E-state index is 12.7. The van der Waals surface area contributed by atoms with E-state index in [2.05, 4.69) is 0 Å². The Labute approximate surface area is 82.9 Å². The maximum Gasteiger partial charge on any atom is 0.150 e. The first-order valence-corrected chi connectivity index (χ1v) is 4.99. The highest BCUT2D eigenvalue weighted by Crippen LogP contribution is 2.38. The van der Waals surface area contributed by atoms with Gasteiger partial charge in [-0.3, -0.25) is 4.79 Å². The van der Waals surface area contributed by atoms with Crippen molar-refractivity contribution < 1.29 is 9.18 Å². The number of alkyl halides is 1. The van der Waals surface area contributed by atoms with E-state index in [-0.39, 0.29) is 0 Å². The van der Waals surface area contributed by atoms with Crippen molar-refractivity contribution in [1.82, 2.24) is 0 Å². The van der Waals surface area contributed by atoms with Crippen LogP contribution in [0.25, 0.3) is 0 Å². The van der Waals surface area contributed by atoms with Crippen molar-refractivity contribution in [3.8, 4) is 0 Å². The molecule has 0 bridgehead atoms. The van der Waals surface area contributed by atoms with E-state index in [0.29, 0.717) is 11.5 Å². The van der Waals surface area contributed by atoms with Gasteiger partial charge in [-0.2, -0.15) is 0 Å². The van der Waals surface area contributed by atoms with Crippen LogP contribution >= 0.6 is 0 Å². The highest BCUT2D eigenvalue weighted by Gasteiger charge is 2.22. The first-order valence-electron chi connectivity index (χ1n) is 4.99. The summed E-state index contributed by atoms with van der Waals surface area (Å²) in [5.41, 5.74) is 2.45. The van der Waals surface area contributed by atoms with Gasteiger partial charge in [0, 0.05) is 5.56 Å². The number of hydrogen-bond donors (Lipinski definition) is 0. The smallest absolute Gasteiger partial charge is 0.150 e. The highest BCUT2D eigenvalue weighted by atomic mass is 19.1. The zero-order valence-corrected chi connectivity index (χ0v) is 8.00. The van der Waals surface area contributed by atoms with E-state index in [1.807, 2.05) is 6.07 Å². The van der Waals surface area contributed by atoms with Gasteiger partial charge < -0.3 is 0 Å². The lowest BCUT2D eigenvalue weighted by Gasteiger charge is -2.27. The molecule has 1 saturated carbocycles. The second-order valence-corrected chi connectivity index (χ2v) is 3.84. The third kappa shape index (κ3) is 1.57. The lowest BCUT2D eigenvalue weighted by Crippen LogP contribution is -2.11. The SMILES string of the molecule is O=Cc1ccc(CF)c(C2CCC2)c1. The number of halogens is 1. The van der Waals surface area contributed by atoms with Crippen molar-refractivity contribution in [2.45, 2.75) is 31.9 Å². The Morgan fingerprint density at radius 1 is 1.43 bits per heavy atom. The summed E-state index contributed by atoms with van der Waals surface area (Å²) in [6.45, 7) is -0.426. The summed E-state index contributed by atoms with van der Waals surface area (Å²) in [5, 5.41) is 0. The summed E-state index contributed by atoms with van der Waals surface area (Å²) in [5.74, 6) is 0.487. The van der Waals surface area contributed by atoms with Crippen LogP contribution < -0.4 is 0 Å². The topological polar surface area (TPSA) is 17.1 Å². The molecular weight excluding hydrogens is 179 g/mol. The molecule has 0 heterocycles. The molecule has 0 unspecified atom stereocenters. The van der Waals surface area contributed by atoms with Crippen LogP contribution in [0.15, 0.2) is 18.2 Å². The minimum absolute atomic E-state index is 0.426. The van der Waals surface area contributed by atoms with E-state index in [4.69, 9.17) is 0 Å². The number of hydrogen-bond acceptors (Lipinski definition) is 1. The normalized spacial score (nSPS) is 16.4. The average molecular weight is 192 g/mol. The van der Waals surface area contributed by atoms with Gasteiger partial charge in [0.25, 0.3) is 0 Å². The first-order chi connectivity index (χ1) is 6.85. The monoisotopic (exact) mass is 192 g/mol. The summed E-state index contributed by atoms with van der Waals surface area (Å²) >= 11 is 0. The third-order valence-electron chi connectivity index (χ3n) is 2.99. The minimum Gasteiger partial charge on any atom is -0.298 e. The predicted molar refractivity (Wildman–Crippen MR) is 53.2 cm³/mol. The van der Waals surface area contributed by atoms with Gasteiger partial charge in [0.1, 0.15) is 13.0 Å². The molecule has 0 radical (unpaired) electrons. The Morgan fingerprint density at radius 2 is 2.21 bits per heavy atom. The van der Waals surface area contributed by atoms with E-state index in [1.165, 1.54) is 6.42 Å². The summed E-state index contributed by atoms with van der Waals surface area (Å²) < 4.78 is 12.7. The molecular formula is C12H13FO. The molecule has 0 spiro atoms. The Hall–Kier alpha value is -1.18. The molecule has 0 atom stereocenters. The largest absolute Gasteiger partial charge is 0.298 e.